The van der Waals surface area contributed by atoms with Gasteiger partial charge in [0, 0.05) is 24.5 Å². The Labute approximate surface area is 116 Å². The van der Waals surface area contributed by atoms with Gasteiger partial charge in [0.1, 0.15) is 17.9 Å². The fraction of sp³-hybridized carbons (Fsp3) is 0.583. The van der Waals surface area contributed by atoms with Gasteiger partial charge in [0.05, 0.1) is 5.69 Å². The van der Waals surface area contributed by atoms with Crippen LogP contribution in [0.4, 0.5) is 0 Å². The van der Waals surface area contributed by atoms with Crippen LogP contribution in [-0.2, 0) is 20.2 Å². The van der Waals surface area contributed by atoms with Crippen LogP contribution in [0.25, 0.3) is 0 Å². The summed E-state index contributed by atoms with van der Waals surface area (Å²) in [4.78, 5) is 8.50. The van der Waals surface area contributed by atoms with Gasteiger partial charge < -0.3 is 10.1 Å². The van der Waals surface area contributed by atoms with Crippen LogP contribution >= 0.6 is 11.3 Å². The fourth-order valence-corrected chi connectivity index (χ4v) is 2.08. The minimum Gasteiger partial charge on any atom is -0.456 e. The summed E-state index contributed by atoms with van der Waals surface area (Å²) in [5, 5.41) is 10.5. The van der Waals surface area contributed by atoms with Gasteiger partial charge >= 0.3 is 6.01 Å². The maximum Gasteiger partial charge on any atom is 0.335 e. The minimum absolute atomic E-state index is 0.0974. The Morgan fingerprint density at radius 1 is 1.42 bits per heavy atom. The molecular weight excluding hydrogens is 262 g/mol. The van der Waals surface area contributed by atoms with Crippen LogP contribution in [0.2, 0.25) is 0 Å². The van der Waals surface area contributed by atoms with E-state index in [0.29, 0.717) is 12.6 Å². The van der Waals surface area contributed by atoms with Gasteiger partial charge in [-0.15, -0.1) is 16.4 Å². The van der Waals surface area contributed by atoms with Crippen LogP contribution in [0.5, 0.6) is 6.01 Å². The van der Waals surface area contributed by atoms with Gasteiger partial charge in [-0.05, 0) is 20.8 Å². The van der Waals surface area contributed by atoms with E-state index < -0.39 is 0 Å². The molecule has 104 valence electrons. The zero-order valence-electron chi connectivity index (χ0n) is 11.7. The number of hydrogen-bond acceptors (Lipinski definition) is 6. The predicted molar refractivity (Wildman–Crippen MR) is 74.0 cm³/mol. The molecule has 0 saturated carbocycles. The molecule has 2 aromatic rings. The molecule has 2 aromatic heterocycles. The first-order chi connectivity index (χ1) is 8.92. The van der Waals surface area contributed by atoms with Crippen LogP contribution in [0.15, 0.2) is 11.7 Å². The van der Waals surface area contributed by atoms with Crippen molar-refractivity contribution in [3.63, 3.8) is 0 Å². The second-order valence-corrected chi connectivity index (χ2v) is 6.27. The Hall–Kier alpha value is -1.47. The summed E-state index contributed by atoms with van der Waals surface area (Å²) in [5.74, 6) is 0. The quantitative estimate of drug-likeness (QED) is 0.904. The van der Waals surface area contributed by atoms with Crippen LogP contribution in [0.1, 0.15) is 31.5 Å². The van der Waals surface area contributed by atoms with Gasteiger partial charge in [-0.1, -0.05) is 0 Å². The SMILES string of the molecule is Cn1cnc(OCc2csc(CNC(C)(C)C)n2)n1. The van der Waals surface area contributed by atoms with Gasteiger partial charge in [-0.2, -0.15) is 4.98 Å². The Kier molecular flexibility index (Phi) is 4.16. The van der Waals surface area contributed by atoms with E-state index >= 15 is 0 Å². The van der Waals surface area contributed by atoms with Crippen molar-refractivity contribution in [3.8, 4) is 6.01 Å². The lowest BCUT2D eigenvalue weighted by Gasteiger charge is -2.19. The molecule has 0 aliphatic carbocycles. The van der Waals surface area contributed by atoms with Crippen molar-refractivity contribution in [2.45, 2.75) is 39.5 Å². The molecule has 1 N–H and O–H groups in total. The Bertz CT molecular complexity index is 528. The third kappa shape index (κ3) is 4.60. The average molecular weight is 281 g/mol. The first kappa shape index (κ1) is 14.0. The van der Waals surface area contributed by atoms with E-state index in [4.69, 9.17) is 4.74 Å². The number of thiazole rings is 1. The molecule has 0 bridgehead atoms. The average Bonchev–Trinajstić information content (AvgIpc) is 2.92. The van der Waals surface area contributed by atoms with Crippen molar-refractivity contribution in [2.75, 3.05) is 0 Å². The summed E-state index contributed by atoms with van der Waals surface area (Å²) in [5.41, 5.74) is 1.00. The molecule has 7 heteroatoms. The van der Waals surface area contributed by atoms with E-state index in [2.05, 4.69) is 41.2 Å². The topological polar surface area (TPSA) is 64.9 Å². The molecule has 0 aromatic carbocycles. The molecule has 0 aliphatic rings. The third-order valence-corrected chi connectivity index (χ3v) is 3.19. The molecule has 6 nitrogen and oxygen atoms in total. The second kappa shape index (κ2) is 5.66. The molecule has 0 unspecified atom stereocenters. The fourth-order valence-electron chi connectivity index (χ4n) is 1.36. The van der Waals surface area contributed by atoms with Gasteiger partial charge in [0.25, 0.3) is 0 Å². The highest BCUT2D eigenvalue weighted by Crippen LogP contribution is 2.13. The second-order valence-electron chi connectivity index (χ2n) is 5.33. The van der Waals surface area contributed by atoms with E-state index in [1.165, 1.54) is 0 Å². The third-order valence-electron chi connectivity index (χ3n) is 2.30. The van der Waals surface area contributed by atoms with Gasteiger partial charge in [0.2, 0.25) is 0 Å². The van der Waals surface area contributed by atoms with Crippen molar-refractivity contribution >= 4 is 11.3 Å². The van der Waals surface area contributed by atoms with Gasteiger partial charge in [-0.25, -0.2) is 4.98 Å². The zero-order chi connectivity index (χ0) is 13.9. The zero-order valence-corrected chi connectivity index (χ0v) is 12.5. The van der Waals surface area contributed by atoms with E-state index in [1.54, 1.807) is 29.4 Å². The number of ether oxygens (including phenoxy) is 1. The highest BCUT2D eigenvalue weighted by molar-refractivity contribution is 7.09. The highest BCUT2D eigenvalue weighted by atomic mass is 32.1. The van der Waals surface area contributed by atoms with Gasteiger partial charge in [-0.3, -0.25) is 4.68 Å². The number of nitrogens with zero attached hydrogens (tertiary/aromatic N) is 4. The molecule has 2 rings (SSSR count). The van der Waals surface area contributed by atoms with Crippen LogP contribution < -0.4 is 10.1 Å². The number of hydrogen-bond donors (Lipinski definition) is 1. The maximum absolute atomic E-state index is 5.45. The van der Waals surface area contributed by atoms with Gasteiger partial charge in [0.15, 0.2) is 0 Å². The summed E-state index contributed by atoms with van der Waals surface area (Å²) < 4.78 is 7.06. The molecule has 2 heterocycles. The molecule has 0 aliphatic heterocycles. The van der Waals surface area contributed by atoms with E-state index in [-0.39, 0.29) is 5.54 Å². The van der Waals surface area contributed by atoms with E-state index in [1.807, 2.05) is 5.38 Å². The summed E-state index contributed by atoms with van der Waals surface area (Å²) in [6.07, 6.45) is 1.61. The Balaban J connectivity index is 1.84. The van der Waals surface area contributed by atoms with Crippen LogP contribution in [0, 0.1) is 0 Å². The van der Waals surface area contributed by atoms with E-state index in [0.717, 1.165) is 17.2 Å². The molecular formula is C12H19N5OS. The maximum atomic E-state index is 5.45. The standard InChI is InChI=1S/C12H19N5OS/c1-12(2,3)14-5-10-15-9(7-19-10)6-18-11-13-8-17(4)16-11/h7-8,14H,5-6H2,1-4H3. The lowest BCUT2D eigenvalue weighted by Crippen LogP contribution is -2.35. The molecule has 0 saturated heterocycles. The van der Waals surface area contributed by atoms with Crippen LogP contribution in [0.3, 0.4) is 0 Å². The smallest absolute Gasteiger partial charge is 0.335 e. The van der Waals surface area contributed by atoms with Crippen LogP contribution in [-0.4, -0.2) is 25.3 Å². The normalized spacial score (nSPS) is 11.8. The number of rotatable bonds is 5. The van der Waals surface area contributed by atoms with Crippen molar-refractivity contribution in [2.24, 2.45) is 7.05 Å². The Morgan fingerprint density at radius 2 is 2.21 bits per heavy atom. The van der Waals surface area contributed by atoms with Crippen molar-refractivity contribution in [3.05, 3.63) is 22.4 Å². The highest BCUT2D eigenvalue weighted by Gasteiger charge is 2.10. The van der Waals surface area contributed by atoms with E-state index in [9.17, 15) is 0 Å². The predicted octanol–water partition coefficient (Wildman–Crippen LogP) is 1.74. The summed E-state index contributed by atoms with van der Waals surface area (Å²) in [6.45, 7) is 7.58. The van der Waals surface area contributed by atoms with Crippen molar-refractivity contribution in [1.82, 2.24) is 25.1 Å². The molecule has 0 atom stereocenters. The summed E-state index contributed by atoms with van der Waals surface area (Å²) >= 11 is 1.63. The number of aromatic nitrogens is 4. The monoisotopic (exact) mass is 281 g/mol. The summed E-state index contributed by atoms with van der Waals surface area (Å²) in [7, 11) is 1.80. The molecule has 0 fully saturated rings. The number of aryl methyl sites for hydroxylation is 1. The van der Waals surface area contributed by atoms with Crippen molar-refractivity contribution < 1.29 is 4.74 Å². The molecule has 19 heavy (non-hydrogen) atoms. The Morgan fingerprint density at radius 3 is 2.84 bits per heavy atom. The lowest BCUT2D eigenvalue weighted by molar-refractivity contribution is 0.276. The molecule has 0 amide bonds. The summed E-state index contributed by atoms with van der Waals surface area (Å²) in [6, 6.07) is 0.380. The van der Waals surface area contributed by atoms with Crippen molar-refractivity contribution in [1.29, 1.82) is 0 Å². The first-order valence-corrected chi connectivity index (χ1v) is 6.97. The minimum atomic E-state index is 0.0974. The molecule has 0 radical (unpaired) electrons. The number of nitrogens with one attached hydrogen (secondary N) is 1. The molecule has 0 spiro atoms. The largest absolute Gasteiger partial charge is 0.456 e. The lowest BCUT2D eigenvalue weighted by atomic mass is 10.1. The first-order valence-electron chi connectivity index (χ1n) is 6.09.